The molecule has 7 nitrogen and oxygen atoms in total. The topological polar surface area (TPSA) is 119 Å². The number of nitrogens with two attached hydrogens (primary N) is 2. The predicted molar refractivity (Wildman–Crippen MR) is 78.9 cm³/mol. The number of nitrogen functional groups attached to an aromatic ring is 1. The second kappa shape index (κ2) is 6.67. The van der Waals surface area contributed by atoms with Crippen molar-refractivity contribution >= 4 is 28.6 Å². The standard InChI is InChI=1S/C13H18N6O/c14-11(20)7-3-4-8-16-12-9-5-1-2-6-10(9)17-13(18-12)19-15/h1-2,5-6H,3-4,7-8,15H2,(H2,14,20)(H2,16,17,18,19). The van der Waals surface area contributed by atoms with Gasteiger partial charge in [0.05, 0.1) is 5.52 Å². The zero-order valence-corrected chi connectivity index (χ0v) is 11.1. The van der Waals surface area contributed by atoms with Crippen LogP contribution in [0.15, 0.2) is 24.3 Å². The van der Waals surface area contributed by atoms with Crippen LogP contribution in [0.1, 0.15) is 19.3 Å². The van der Waals surface area contributed by atoms with Crippen LogP contribution in [0.5, 0.6) is 0 Å². The summed E-state index contributed by atoms with van der Waals surface area (Å²) >= 11 is 0. The van der Waals surface area contributed by atoms with Gasteiger partial charge >= 0.3 is 0 Å². The minimum atomic E-state index is -0.271. The lowest BCUT2D eigenvalue weighted by atomic mass is 10.2. The van der Waals surface area contributed by atoms with E-state index in [0.717, 1.165) is 29.6 Å². The van der Waals surface area contributed by atoms with Crippen molar-refractivity contribution in [1.82, 2.24) is 9.97 Å². The van der Waals surface area contributed by atoms with Crippen molar-refractivity contribution in [3.05, 3.63) is 24.3 Å². The van der Waals surface area contributed by atoms with E-state index in [4.69, 9.17) is 11.6 Å². The number of nitrogens with one attached hydrogen (secondary N) is 2. The Kier molecular flexibility index (Phi) is 4.67. The number of hydrogen-bond donors (Lipinski definition) is 4. The highest BCUT2D eigenvalue weighted by Crippen LogP contribution is 2.21. The highest BCUT2D eigenvalue weighted by atomic mass is 16.1. The molecule has 1 aromatic carbocycles. The van der Waals surface area contributed by atoms with E-state index in [1.54, 1.807) is 0 Å². The summed E-state index contributed by atoms with van der Waals surface area (Å²) in [5.41, 5.74) is 8.36. The lowest BCUT2D eigenvalue weighted by molar-refractivity contribution is -0.118. The first kappa shape index (κ1) is 14.0. The second-order valence-electron chi connectivity index (χ2n) is 4.41. The maximum absolute atomic E-state index is 10.6. The Hall–Kier alpha value is -2.41. The summed E-state index contributed by atoms with van der Waals surface area (Å²) in [7, 11) is 0. The molecule has 0 unspecified atom stereocenters. The number of anilines is 2. The molecule has 0 atom stereocenters. The lowest BCUT2D eigenvalue weighted by Gasteiger charge is -2.10. The summed E-state index contributed by atoms with van der Waals surface area (Å²) in [6.07, 6.45) is 2.00. The number of para-hydroxylation sites is 1. The summed E-state index contributed by atoms with van der Waals surface area (Å²) in [6.45, 7) is 0.707. The molecule has 6 N–H and O–H groups in total. The average Bonchev–Trinajstić information content (AvgIpc) is 2.46. The van der Waals surface area contributed by atoms with Crippen molar-refractivity contribution in [2.75, 3.05) is 17.3 Å². The molecule has 106 valence electrons. The van der Waals surface area contributed by atoms with Crippen LogP contribution in [0.2, 0.25) is 0 Å². The molecular formula is C13H18N6O. The molecule has 20 heavy (non-hydrogen) atoms. The third-order valence-electron chi connectivity index (χ3n) is 2.87. The third kappa shape index (κ3) is 3.55. The normalized spacial score (nSPS) is 10.4. The van der Waals surface area contributed by atoms with Gasteiger partial charge < -0.3 is 11.1 Å². The summed E-state index contributed by atoms with van der Waals surface area (Å²) in [6, 6.07) is 7.68. The molecule has 2 rings (SSSR count). The van der Waals surface area contributed by atoms with E-state index in [1.807, 2.05) is 24.3 Å². The predicted octanol–water partition coefficient (Wildman–Crippen LogP) is 0.983. The molecule has 7 heteroatoms. The Morgan fingerprint density at radius 1 is 1.20 bits per heavy atom. The first-order valence-corrected chi connectivity index (χ1v) is 6.46. The van der Waals surface area contributed by atoms with Gasteiger partial charge in [-0.2, -0.15) is 4.98 Å². The van der Waals surface area contributed by atoms with Crippen LogP contribution in [0.25, 0.3) is 10.9 Å². The molecule has 0 saturated heterocycles. The van der Waals surface area contributed by atoms with E-state index >= 15 is 0 Å². The minimum absolute atomic E-state index is 0.271. The lowest BCUT2D eigenvalue weighted by Crippen LogP contribution is -2.13. The molecular weight excluding hydrogens is 256 g/mol. The van der Waals surface area contributed by atoms with Gasteiger partial charge in [-0.15, -0.1) is 0 Å². The molecule has 0 aliphatic heterocycles. The number of carbonyl (C=O) groups excluding carboxylic acids is 1. The Morgan fingerprint density at radius 2 is 2.00 bits per heavy atom. The van der Waals surface area contributed by atoms with Crippen LogP contribution >= 0.6 is 0 Å². The molecule has 0 aliphatic carbocycles. The first-order valence-electron chi connectivity index (χ1n) is 6.46. The zero-order chi connectivity index (χ0) is 14.4. The number of benzene rings is 1. The number of hydrazine groups is 1. The van der Waals surface area contributed by atoms with E-state index in [9.17, 15) is 4.79 Å². The molecule has 2 aromatic rings. The molecule has 0 saturated carbocycles. The molecule has 0 aliphatic rings. The molecule has 1 amide bonds. The van der Waals surface area contributed by atoms with Crippen molar-refractivity contribution < 1.29 is 4.79 Å². The largest absolute Gasteiger partial charge is 0.370 e. The number of amides is 1. The smallest absolute Gasteiger partial charge is 0.239 e. The Morgan fingerprint density at radius 3 is 2.75 bits per heavy atom. The summed E-state index contributed by atoms with van der Waals surface area (Å²) in [4.78, 5) is 19.2. The van der Waals surface area contributed by atoms with Crippen LogP contribution in [-0.2, 0) is 4.79 Å². The van der Waals surface area contributed by atoms with E-state index in [-0.39, 0.29) is 5.91 Å². The van der Waals surface area contributed by atoms with E-state index < -0.39 is 0 Å². The number of carbonyl (C=O) groups is 1. The van der Waals surface area contributed by atoms with Crippen LogP contribution in [0.4, 0.5) is 11.8 Å². The SMILES string of the molecule is NNc1nc(NCCCCC(N)=O)c2ccccc2n1. The highest BCUT2D eigenvalue weighted by Gasteiger charge is 2.06. The molecule has 0 radical (unpaired) electrons. The van der Waals surface area contributed by atoms with E-state index in [2.05, 4.69) is 20.7 Å². The Balaban J connectivity index is 2.06. The van der Waals surface area contributed by atoms with Crippen molar-refractivity contribution in [3.8, 4) is 0 Å². The third-order valence-corrected chi connectivity index (χ3v) is 2.87. The van der Waals surface area contributed by atoms with Gasteiger partial charge in [0.1, 0.15) is 5.82 Å². The van der Waals surface area contributed by atoms with Gasteiger partial charge in [0.25, 0.3) is 0 Å². The fraction of sp³-hybridized carbons (Fsp3) is 0.308. The van der Waals surface area contributed by atoms with Crippen molar-refractivity contribution in [3.63, 3.8) is 0 Å². The van der Waals surface area contributed by atoms with E-state index in [0.29, 0.717) is 18.9 Å². The first-order chi connectivity index (χ1) is 9.70. The van der Waals surface area contributed by atoms with Gasteiger partial charge in [0.15, 0.2) is 0 Å². The van der Waals surface area contributed by atoms with Gasteiger partial charge in [-0.25, -0.2) is 10.8 Å². The van der Waals surface area contributed by atoms with Crippen molar-refractivity contribution in [2.24, 2.45) is 11.6 Å². The van der Waals surface area contributed by atoms with Crippen LogP contribution in [0.3, 0.4) is 0 Å². The molecule has 0 fully saturated rings. The highest BCUT2D eigenvalue weighted by molar-refractivity contribution is 5.89. The molecule has 1 aromatic heterocycles. The number of rotatable bonds is 7. The second-order valence-corrected chi connectivity index (χ2v) is 4.41. The van der Waals surface area contributed by atoms with Gasteiger partial charge in [-0.1, -0.05) is 12.1 Å². The van der Waals surface area contributed by atoms with Crippen LogP contribution in [0, 0.1) is 0 Å². The number of aromatic nitrogens is 2. The number of primary amides is 1. The molecule has 0 bridgehead atoms. The van der Waals surface area contributed by atoms with E-state index in [1.165, 1.54) is 0 Å². The fourth-order valence-electron chi connectivity index (χ4n) is 1.91. The minimum Gasteiger partial charge on any atom is -0.370 e. The number of unbranched alkanes of at least 4 members (excludes halogenated alkanes) is 1. The van der Waals surface area contributed by atoms with Gasteiger partial charge in [0.2, 0.25) is 11.9 Å². The summed E-state index contributed by atoms with van der Waals surface area (Å²) < 4.78 is 0. The molecule has 1 heterocycles. The van der Waals surface area contributed by atoms with Crippen molar-refractivity contribution in [1.29, 1.82) is 0 Å². The van der Waals surface area contributed by atoms with Gasteiger partial charge in [0, 0.05) is 18.4 Å². The number of nitrogens with zero attached hydrogens (tertiary/aromatic N) is 2. The number of fused-ring (bicyclic) bond motifs is 1. The quantitative estimate of drug-likeness (QED) is 0.339. The monoisotopic (exact) mass is 274 g/mol. The zero-order valence-electron chi connectivity index (χ0n) is 11.1. The maximum Gasteiger partial charge on any atom is 0.239 e. The van der Waals surface area contributed by atoms with Gasteiger partial charge in [-0.3, -0.25) is 10.2 Å². The average molecular weight is 274 g/mol. The maximum atomic E-state index is 10.6. The summed E-state index contributed by atoms with van der Waals surface area (Å²) in [5, 5.41) is 4.17. The van der Waals surface area contributed by atoms with Crippen molar-refractivity contribution in [2.45, 2.75) is 19.3 Å². The Bertz CT molecular complexity index is 600. The Labute approximate surface area is 116 Å². The summed E-state index contributed by atoms with van der Waals surface area (Å²) in [5.74, 6) is 6.18. The fourth-order valence-corrected chi connectivity index (χ4v) is 1.91. The van der Waals surface area contributed by atoms with Crippen LogP contribution in [-0.4, -0.2) is 22.4 Å². The van der Waals surface area contributed by atoms with Crippen LogP contribution < -0.4 is 22.3 Å². The number of hydrogen-bond acceptors (Lipinski definition) is 6. The molecule has 0 spiro atoms. The van der Waals surface area contributed by atoms with Gasteiger partial charge in [-0.05, 0) is 25.0 Å².